The molecule has 10 heavy (non-hydrogen) atoms. The fourth-order valence-corrected chi connectivity index (χ4v) is 0.527. The fraction of sp³-hybridized carbons (Fsp3) is 0.250. The molecule has 1 heterocycles. The summed E-state index contributed by atoms with van der Waals surface area (Å²) in [5.41, 5.74) is 1.79. The van der Waals surface area contributed by atoms with Crippen LogP contribution in [0.1, 0.15) is 0 Å². The molecule has 0 saturated carbocycles. The lowest BCUT2D eigenvalue weighted by Gasteiger charge is -1.69. The van der Waals surface area contributed by atoms with Gasteiger partial charge in [0.2, 0.25) is 0 Å². The van der Waals surface area contributed by atoms with E-state index >= 15 is 0 Å². The first kappa shape index (κ1) is 9.54. The maximum atomic E-state index is 9.19. The van der Waals surface area contributed by atoms with Gasteiger partial charge in [0.05, 0.1) is 11.8 Å². The molecule has 0 bridgehead atoms. The third-order valence-electron chi connectivity index (χ3n) is 0.347. The minimum Gasteiger partial charge on any atom is -0.286 e. The number of hydrogen-bond acceptors (Lipinski definition) is 4. The van der Waals surface area contributed by atoms with Gasteiger partial charge in [-0.3, -0.25) is 9.54 Å². The molecular formula is C4H7NO3S2. The standard InChI is InChI=1S/C3H3NS.CH4O3S/c1-2-5-3-4-1;1-5(2,3)4/h1-3H;1H3,(H,2,3,4). The lowest BCUT2D eigenvalue weighted by Crippen LogP contribution is -1.88. The van der Waals surface area contributed by atoms with E-state index in [1.807, 2.05) is 5.38 Å². The van der Waals surface area contributed by atoms with Crippen LogP contribution in [0.4, 0.5) is 0 Å². The zero-order chi connectivity index (χ0) is 8.04. The largest absolute Gasteiger partial charge is 0.286 e. The van der Waals surface area contributed by atoms with Crippen LogP contribution in [0.25, 0.3) is 0 Å². The molecule has 0 saturated heterocycles. The number of rotatable bonds is 0. The Bertz CT molecular complexity index is 214. The van der Waals surface area contributed by atoms with E-state index in [9.17, 15) is 8.42 Å². The topological polar surface area (TPSA) is 67.3 Å². The predicted octanol–water partition coefficient (Wildman–Crippen LogP) is 0.647. The Morgan fingerprint density at radius 3 is 2.20 bits per heavy atom. The molecule has 6 heteroatoms. The van der Waals surface area contributed by atoms with Gasteiger partial charge in [-0.2, -0.15) is 8.42 Å². The minimum atomic E-state index is -3.67. The van der Waals surface area contributed by atoms with Gasteiger partial charge in [0.25, 0.3) is 10.1 Å². The molecule has 0 aliphatic heterocycles. The van der Waals surface area contributed by atoms with Crippen LogP contribution in [0.5, 0.6) is 0 Å². The molecule has 0 aliphatic rings. The Balaban J connectivity index is 0.000000162. The molecule has 0 aliphatic carbocycles. The molecule has 1 aromatic rings. The Morgan fingerprint density at radius 2 is 2.10 bits per heavy atom. The maximum absolute atomic E-state index is 9.19. The summed E-state index contributed by atoms with van der Waals surface area (Å²) in [7, 11) is -3.67. The maximum Gasteiger partial charge on any atom is 0.261 e. The molecule has 0 amide bonds. The van der Waals surface area contributed by atoms with Crippen LogP contribution < -0.4 is 0 Å². The van der Waals surface area contributed by atoms with Crippen LogP contribution in [0.2, 0.25) is 0 Å². The average molecular weight is 181 g/mol. The zero-order valence-electron chi connectivity index (χ0n) is 5.26. The van der Waals surface area contributed by atoms with Gasteiger partial charge in [-0.1, -0.05) is 0 Å². The van der Waals surface area contributed by atoms with E-state index < -0.39 is 10.1 Å². The Labute approximate surface area is 63.3 Å². The molecule has 0 aromatic carbocycles. The first-order chi connectivity index (χ1) is 4.50. The summed E-state index contributed by atoms with van der Waals surface area (Å²) in [6.07, 6.45) is 2.48. The normalized spacial score (nSPS) is 9.80. The van der Waals surface area contributed by atoms with Gasteiger partial charge in [-0.25, -0.2) is 0 Å². The van der Waals surface area contributed by atoms with Gasteiger partial charge in [0, 0.05) is 11.6 Å². The highest BCUT2D eigenvalue weighted by Crippen LogP contribution is 1.85. The van der Waals surface area contributed by atoms with Crippen LogP contribution in [-0.4, -0.2) is 24.2 Å². The van der Waals surface area contributed by atoms with Crippen LogP contribution in [0, 0.1) is 0 Å². The van der Waals surface area contributed by atoms with Crippen LogP contribution in [-0.2, 0) is 10.1 Å². The van der Waals surface area contributed by atoms with E-state index in [0.717, 1.165) is 0 Å². The lowest BCUT2D eigenvalue weighted by molar-refractivity contribution is 0.490. The summed E-state index contributed by atoms with van der Waals surface area (Å²) in [6, 6.07) is 0. The van der Waals surface area contributed by atoms with Gasteiger partial charge in [0.1, 0.15) is 0 Å². The van der Waals surface area contributed by atoms with Gasteiger partial charge < -0.3 is 0 Å². The first-order valence-electron chi connectivity index (χ1n) is 2.25. The Morgan fingerprint density at radius 1 is 1.60 bits per heavy atom. The number of aromatic nitrogens is 1. The second kappa shape index (κ2) is 4.37. The van der Waals surface area contributed by atoms with Crippen molar-refractivity contribution in [3.63, 3.8) is 0 Å². The third kappa shape index (κ3) is 15.6. The van der Waals surface area contributed by atoms with Crippen molar-refractivity contribution < 1.29 is 13.0 Å². The van der Waals surface area contributed by atoms with Crippen LogP contribution in [0.15, 0.2) is 17.1 Å². The minimum absolute atomic E-state index is 0.715. The molecule has 0 atom stereocenters. The number of thiazole rings is 1. The molecule has 4 nitrogen and oxygen atoms in total. The van der Waals surface area contributed by atoms with Crippen molar-refractivity contribution in [2.24, 2.45) is 0 Å². The van der Waals surface area contributed by atoms with E-state index in [1.165, 1.54) is 0 Å². The Kier molecular flexibility index (Phi) is 4.17. The van der Waals surface area contributed by atoms with Gasteiger partial charge in [0.15, 0.2) is 0 Å². The number of nitrogens with zero attached hydrogens (tertiary/aromatic N) is 1. The van der Waals surface area contributed by atoms with E-state index in [-0.39, 0.29) is 0 Å². The van der Waals surface area contributed by atoms with Crippen molar-refractivity contribution >= 4 is 21.5 Å². The second-order valence-electron chi connectivity index (χ2n) is 1.41. The summed E-state index contributed by atoms with van der Waals surface area (Å²) in [5, 5.41) is 1.93. The van der Waals surface area contributed by atoms with Crippen molar-refractivity contribution in [2.75, 3.05) is 6.26 Å². The van der Waals surface area contributed by atoms with Crippen molar-refractivity contribution in [3.8, 4) is 0 Å². The van der Waals surface area contributed by atoms with Crippen LogP contribution in [0.3, 0.4) is 0 Å². The van der Waals surface area contributed by atoms with E-state index in [2.05, 4.69) is 4.98 Å². The average Bonchev–Trinajstić information content (AvgIpc) is 2.07. The number of hydrogen-bond donors (Lipinski definition) is 1. The highest BCUT2D eigenvalue weighted by molar-refractivity contribution is 7.85. The van der Waals surface area contributed by atoms with Gasteiger partial charge in [-0.05, 0) is 0 Å². The van der Waals surface area contributed by atoms with Gasteiger partial charge >= 0.3 is 0 Å². The quantitative estimate of drug-likeness (QED) is 0.597. The summed E-state index contributed by atoms with van der Waals surface area (Å²) in [6.45, 7) is 0. The van der Waals surface area contributed by atoms with Crippen molar-refractivity contribution in [1.82, 2.24) is 4.98 Å². The summed E-state index contributed by atoms with van der Waals surface area (Å²) >= 11 is 1.60. The predicted molar refractivity (Wildman–Crippen MR) is 39.6 cm³/mol. The molecule has 0 fully saturated rings. The SMILES string of the molecule is CS(=O)(=O)O.c1cscn1. The molecule has 1 aromatic heterocycles. The molecule has 0 unspecified atom stereocenters. The Hall–Kier alpha value is -0.460. The summed E-state index contributed by atoms with van der Waals surface area (Å²) in [4.78, 5) is 3.74. The van der Waals surface area contributed by atoms with E-state index in [1.54, 1.807) is 23.0 Å². The summed E-state index contributed by atoms with van der Waals surface area (Å²) < 4.78 is 25.9. The molecule has 58 valence electrons. The zero-order valence-corrected chi connectivity index (χ0v) is 6.89. The van der Waals surface area contributed by atoms with E-state index in [0.29, 0.717) is 6.26 Å². The van der Waals surface area contributed by atoms with Crippen molar-refractivity contribution in [3.05, 3.63) is 17.1 Å². The fourth-order valence-electron chi connectivity index (χ4n) is 0.176. The molecule has 0 radical (unpaired) electrons. The summed E-state index contributed by atoms with van der Waals surface area (Å²) in [5.74, 6) is 0. The first-order valence-corrected chi connectivity index (χ1v) is 5.04. The molecule has 1 rings (SSSR count). The monoisotopic (exact) mass is 181 g/mol. The highest BCUT2D eigenvalue weighted by Gasteiger charge is 1.81. The van der Waals surface area contributed by atoms with Crippen molar-refractivity contribution in [2.45, 2.75) is 0 Å². The smallest absolute Gasteiger partial charge is 0.261 e. The highest BCUT2D eigenvalue weighted by atomic mass is 32.2. The molecule has 0 spiro atoms. The lowest BCUT2D eigenvalue weighted by atomic mass is 11.0. The van der Waals surface area contributed by atoms with E-state index in [4.69, 9.17) is 4.55 Å². The van der Waals surface area contributed by atoms with Gasteiger partial charge in [-0.15, -0.1) is 11.3 Å². The second-order valence-corrected chi connectivity index (χ2v) is 3.63. The molecule has 1 N–H and O–H groups in total. The molecular weight excluding hydrogens is 174 g/mol. The third-order valence-corrected chi connectivity index (χ3v) is 0.869. The van der Waals surface area contributed by atoms with Crippen molar-refractivity contribution in [1.29, 1.82) is 0 Å². The van der Waals surface area contributed by atoms with Crippen LogP contribution >= 0.6 is 11.3 Å².